The predicted octanol–water partition coefficient (Wildman–Crippen LogP) is 4.24. The van der Waals surface area contributed by atoms with Crippen LogP contribution in [0.4, 0.5) is 0 Å². The summed E-state index contributed by atoms with van der Waals surface area (Å²) < 4.78 is 5.16. The summed E-state index contributed by atoms with van der Waals surface area (Å²) in [4.78, 5) is 15.2. The van der Waals surface area contributed by atoms with Crippen LogP contribution >= 0.6 is 0 Å². The third-order valence-corrected chi connectivity index (χ3v) is 3.53. The van der Waals surface area contributed by atoms with Crippen molar-refractivity contribution in [2.24, 2.45) is 0 Å². The molecule has 0 saturated heterocycles. The molecule has 1 aromatic heterocycles. The van der Waals surface area contributed by atoms with Crippen molar-refractivity contribution < 1.29 is 9.53 Å². The first kappa shape index (κ1) is 14.0. The Morgan fingerprint density at radius 2 is 1.45 bits per heavy atom. The van der Waals surface area contributed by atoms with Crippen LogP contribution in [-0.4, -0.2) is 18.4 Å². The van der Waals surface area contributed by atoms with Crippen molar-refractivity contribution in [2.75, 3.05) is 7.11 Å². The maximum absolute atomic E-state index is 10.7. The first-order chi connectivity index (χ1) is 10.8. The average molecular weight is 289 g/mol. The van der Waals surface area contributed by atoms with Crippen LogP contribution in [0.15, 0.2) is 66.9 Å². The Hall–Kier alpha value is -2.94. The number of carbonyl (C=O) groups is 1. The Balaban J connectivity index is 1.86. The second-order valence-corrected chi connectivity index (χ2v) is 4.90. The number of carbonyl (C=O) groups excluding carboxylic acids is 1. The number of methoxy groups -OCH3 is 1. The van der Waals surface area contributed by atoms with Gasteiger partial charge in [0.05, 0.1) is 12.8 Å². The van der Waals surface area contributed by atoms with Gasteiger partial charge in [-0.3, -0.25) is 9.78 Å². The second kappa shape index (κ2) is 6.22. The summed E-state index contributed by atoms with van der Waals surface area (Å²) in [5.41, 5.74) is 4.69. The van der Waals surface area contributed by atoms with Crippen LogP contribution in [0.5, 0.6) is 5.75 Å². The molecule has 0 aliphatic rings. The minimum absolute atomic E-state index is 0.673. The SMILES string of the molecule is COc1ccc(-c2ccc(-c3ccc(C=O)cc3)cn2)cc1. The van der Waals surface area contributed by atoms with Gasteiger partial charge in [0.1, 0.15) is 12.0 Å². The van der Waals surface area contributed by atoms with Crippen LogP contribution in [0, 0.1) is 0 Å². The molecule has 0 unspecified atom stereocenters. The van der Waals surface area contributed by atoms with Gasteiger partial charge in [-0.05, 0) is 35.9 Å². The summed E-state index contributed by atoms with van der Waals surface area (Å²) in [6.07, 6.45) is 2.68. The molecule has 3 heteroatoms. The molecule has 0 radical (unpaired) electrons. The largest absolute Gasteiger partial charge is 0.497 e. The molecule has 0 fully saturated rings. The quantitative estimate of drug-likeness (QED) is 0.674. The fourth-order valence-corrected chi connectivity index (χ4v) is 2.25. The number of ether oxygens (including phenoxy) is 1. The van der Waals surface area contributed by atoms with E-state index < -0.39 is 0 Å². The maximum Gasteiger partial charge on any atom is 0.150 e. The van der Waals surface area contributed by atoms with Gasteiger partial charge in [-0.25, -0.2) is 0 Å². The lowest BCUT2D eigenvalue weighted by Crippen LogP contribution is -1.87. The van der Waals surface area contributed by atoms with Crippen molar-refractivity contribution in [1.29, 1.82) is 0 Å². The highest BCUT2D eigenvalue weighted by molar-refractivity contribution is 5.77. The molecule has 108 valence electrons. The lowest BCUT2D eigenvalue weighted by molar-refractivity contribution is 0.112. The van der Waals surface area contributed by atoms with Crippen molar-refractivity contribution in [3.8, 4) is 28.1 Å². The normalized spacial score (nSPS) is 10.2. The van der Waals surface area contributed by atoms with E-state index in [0.717, 1.165) is 34.4 Å². The van der Waals surface area contributed by atoms with E-state index in [2.05, 4.69) is 4.98 Å². The summed E-state index contributed by atoms with van der Waals surface area (Å²) in [6.45, 7) is 0. The number of benzene rings is 2. The monoisotopic (exact) mass is 289 g/mol. The van der Waals surface area contributed by atoms with E-state index >= 15 is 0 Å². The lowest BCUT2D eigenvalue weighted by atomic mass is 10.0. The van der Waals surface area contributed by atoms with Gasteiger partial charge in [-0.2, -0.15) is 0 Å². The first-order valence-electron chi connectivity index (χ1n) is 6.96. The molecule has 22 heavy (non-hydrogen) atoms. The third kappa shape index (κ3) is 2.88. The van der Waals surface area contributed by atoms with Gasteiger partial charge in [0.2, 0.25) is 0 Å². The molecule has 0 spiro atoms. The second-order valence-electron chi connectivity index (χ2n) is 4.90. The van der Waals surface area contributed by atoms with Crippen LogP contribution in [0.3, 0.4) is 0 Å². The van der Waals surface area contributed by atoms with Crippen LogP contribution in [0.1, 0.15) is 10.4 Å². The molecule has 3 rings (SSSR count). The van der Waals surface area contributed by atoms with Gasteiger partial charge in [-0.15, -0.1) is 0 Å². The smallest absolute Gasteiger partial charge is 0.150 e. The molecule has 0 atom stereocenters. The zero-order valence-corrected chi connectivity index (χ0v) is 12.2. The van der Waals surface area contributed by atoms with E-state index in [-0.39, 0.29) is 0 Å². The Morgan fingerprint density at radius 3 is 2.00 bits per heavy atom. The van der Waals surface area contributed by atoms with Crippen LogP contribution in [0.2, 0.25) is 0 Å². The number of aldehydes is 1. The Labute approximate surface area is 129 Å². The van der Waals surface area contributed by atoms with Crippen molar-refractivity contribution >= 4 is 6.29 Å². The van der Waals surface area contributed by atoms with Crippen LogP contribution < -0.4 is 4.74 Å². The van der Waals surface area contributed by atoms with Crippen LogP contribution in [0.25, 0.3) is 22.4 Å². The molecule has 3 aromatic rings. The number of nitrogens with zero attached hydrogens (tertiary/aromatic N) is 1. The minimum atomic E-state index is 0.673. The van der Waals surface area contributed by atoms with Gasteiger partial charge in [0.25, 0.3) is 0 Å². The van der Waals surface area contributed by atoms with Gasteiger partial charge < -0.3 is 4.74 Å². The number of pyridine rings is 1. The highest BCUT2D eigenvalue weighted by Gasteiger charge is 2.02. The highest BCUT2D eigenvalue weighted by Crippen LogP contribution is 2.24. The van der Waals surface area contributed by atoms with Gasteiger partial charge in [0.15, 0.2) is 0 Å². The van der Waals surface area contributed by atoms with Crippen molar-refractivity contribution in [3.63, 3.8) is 0 Å². The summed E-state index contributed by atoms with van der Waals surface area (Å²) in [6, 6.07) is 19.3. The lowest BCUT2D eigenvalue weighted by Gasteiger charge is -2.05. The fraction of sp³-hybridized carbons (Fsp3) is 0.0526. The predicted molar refractivity (Wildman–Crippen MR) is 87.0 cm³/mol. The summed E-state index contributed by atoms with van der Waals surface area (Å²) in [5.74, 6) is 0.829. The number of hydrogen-bond acceptors (Lipinski definition) is 3. The highest BCUT2D eigenvalue weighted by atomic mass is 16.5. The zero-order valence-electron chi connectivity index (χ0n) is 12.2. The summed E-state index contributed by atoms with van der Waals surface area (Å²) in [5, 5.41) is 0. The summed E-state index contributed by atoms with van der Waals surface area (Å²) >= 11 is 0. The Kier molecular flexibility index (Phi) is 3.97. The minimum Gasteiger partial charge on any atom is -0.497 e. The Morgan fingerprint density at radius 1 is 0.818 bits per heavy atom. The average Bonchev–Trinajstić information content (AvgIpc) is 2.62. The molecule has 2 aromatic carbocycles. The molecule has 0 bridgehead atoms. The number of rotatable bonds is 4. The number of aromatic nitrogens is 1. The molecule has 0 saturated carbocycles. The van der Waals surface area contributed by atoms with E-state index in [1.54, 1.807) is 19.2 Å². The van der Waals surface area contributed by atoms with E-state index in [1.165, 1.54) is 0 Å². The summed E-state index contributed by atoms with van der Waals surface area (Å²) in [7, 11) is 1.65. The van der Waals surface area contributed by atoms with Gasteiger partial charge in [-0.1, -0.05) is 30.3 Å². The molecule has 1 heterocycles. The molecular formula is C19H15NO2. The van der Waals surface area contributed by atoms with E-state index in [1.807, 2.05) is 54.7 Å². The topological polar surface area (TPSA) is 39.2 Å². The molecule has 3 nitrogen and oxygen atoms in total. The first-order valence-corrected chi connectivity index (χ1v) is 6.96. The van der Waals surface area contributed by atoms with Crippen molar-refractivity contribution in [3.05, 3.63) is 72.4 Å². The maximum atomic E-state index is 10.7. The van der Waals surface area contributed by atoms with Crippen molar-refractivity contribution in [2.45, 2.75) is 0 Å². The zero-order chi connectivity index (χ0) is 15.4. The molecule has 0 amide bonds. The fourth-order valence-electron chi connectivity index (χ4n) is 2.25. The van der Waals surface area contributed by atoms with E-state index in [9.17, 15) is 4.79 Å². The molecule has 0 aliphatic carbocycles. The van der Waals surface area contributed by atoms with E-state index in [0.29, 0.717) is 5.56 Å². The Bertz CT molecular complexity index is 760. The van der Waals surface area contributed by atoms with Crippen molar-refractivity contribution in [1.82, 2.24) is 4.98 Å². The van der Waals surface area contributed by atoms with Gasteiger partial charge in [0, 0.05) is 22.9 Å². The third-order valence-electron chi connectivity index (χ3n) is 3.53. The molecule has 0 aliphatic heterocycles. The molecule has 0 N–H and O–H groups in total. The van der Waals surface area contributed by atoms with Gasteiger partial charge >= 0.3 is 0 Å². The molecular weight excluding hydrogens is 274 g/mol. The standard InChI is InChI=1S/C19H15NO2/c1-22-18-9-6-16(7-10-18)19-11-8-17(12-20-19)15-4-2-14(13-21)3-5-15/h2-13H,1H3. The van der Waals surface area contributed by atoms with E-state index in [4.69, 9.17) is 4.74 Å². The van der Waals surface area contributed by atoms with Crippen LogP contribution in [-0.2, 0) is 0 Å². The number of hydrogen-bond donors (Lipinski definition) is 0.